The molecule has 0 saturated carbocycles. The number of amides is 1. The molecule has 0 unspecified atom stereocenters. The number of carboxylic acid groups (broad SMARTS) is 1. The van der Waals surface area contributed by atoms with Crippen molar-refractivity contribution >= 4 is 51.9 Å². The number of carbonyl (C=O) groups is 2. The van der Waals surface area contributed by atoms with Crippen molar-refractivity contribution in [2.45, 2.75) is 6.42 Å². The van der Waals surface area contributed by atoms with Crippen molar-refractivity contribution in [1.29, 1.82) is 0 Å². The smallest absolute Gasteiger partial charge is 0.276 e. The minimum atomic E-state index is -1.28. The first-order valence-corrected chi connectivity index (χ1v) is 7.31. The summed E-state index contributed by atoms with van der Waals surface area (Å²) in [7, 11) is 0. The molecule has 2 rings (SSSR count). The molecule has 1 aliphatic heterocycles. The van der Waals surface area contributed by atoms with Gasteiger partial charge in [-0.2, -0.15) is 0 Å². The van der Waals surface area contributed by atoms with Crippen LogP contribution in [0.2, 0.25) is 0 Å². The molecule has 0 aliphatic carbocycles. The summed E-state index contributed by atoms with van der Waals surface area (Å²) in [6, 6.07) is 6.00. The summed E-state index contributed by atoms with van der Waals surface area (Å²) < 4.78 is 0.219. The van der Waals surface area contributed by atoms with Crippen molar-refractivity contribution in [3.8, 4) is 0 Å². The minimum absolute atomic E-state index is 0.0821. The Morgan fingerprint density at radius 3 is 2.73 bits per heavy atom. The first-order chi connectivity index (χ1) is 10.4. The van der Waals surface area contributed by atoms with Crippen molar-refractivity contribution in [3.05, 3.63) is 44.8 Å². The van der Waals surface area contributed by atoms with Crippen LogP contribution in [0.5, 0.6) is 0 Å². The molecule has 1 saturated heterocycles. The van der Waals surface area contributed by atoms with Gasteiger partial charge in [0, 0.05) is 25.0 Å². The van der Waals surface area contributed by atoms with Crippen molar-refractivity contribution in [2.24, 2.45) is 0 Å². The molecule has 0 N–H and O–H groups in total. The number of nitrogens with zero attached hydrogens (tertiary/aromatic N) is 2. The first kappa shape index (κ1) is 16.1. The van der Waals surface area contributed by atoms with Gasteiger partial charge < -0.3 is 9.90 Å². The van der Waals surface area contributed by atoms with Gasteiger partial charge in [0.15, 0.2) is 0 Å². The summed E-state index contributed by atoms with van der Waals surface area (Å²) in [6.45, 7) is -0.0821. The van der Waals surface area contributed by atoms with Crippen molar-refractivity contribution < 1.29 is 19.6 Å². The average Bonchev–Trinajstić information content (AvgIpc) is 2.71. The fraction of sp³-hybridized carbons (Fsp3) is 0.154. The van der Waals surface area contributed by atoms with Crippen LogP contribution in [-0.2, 0) is 9.59 Å². The summed E-state index contributed by atoms with van der Waals surface area (Å²) in [5, 5.41) is 21.4. The van der Waals surface area contributed by atoms with Gasteiger partial charge in [0.2, 0.25) is 0 Å². The van der Waals surface area contributed by atoms with Gasteiger partial charge in [0.25, 0.3) is 11.6 Å². The number of nitro groups is 1. The fourth-order valence-corrected chi connectivity index (χ4v) is 3.11. The summed E-state index contributed by atoms with van der Waals surface area (Å²) in [5.41, 5.74) is 0.162. The second-order valence-corrected chi connectivity index (χ2v) is 5.95. The van der Waals surface area contributed by atoms with Crippen LogP contribution in [0.15, 0.2) is 29.2 Å². The molecule has 114 valence electrons. The molecule has 9 heteroatoms. The molecule has 1 fully saturated rings. The van der Waals surface area contributed by atoms with E-state index < -0.39 is 16.8 Å². The van der Waals surface area contributed by atoms with E-state index in [9.17, 15) is 24.8 Å². The van der Waals surface area contributed by atoms with Gasteiger partial charge in [0.1, 0.15) is 4.32 Å². The van der Waals surface area contributed by atoms with E-state index >= 15 is 0 Å². The zero-order chi connectivity index (χ0) is 16.3. The SMILES string of the molecule is O=C([O-])CCN1C(=O)C(=Cc2ccccc2[N+](=O)[O-])SC1=S. The molecule has 0 bridgehead atoms. The molecule has 0 radical (unpaired) electrons. The molecule has 1 aromatic carbocycles. The summed E-state index contributed by atoms with van der Waals surface area (Å²) in [4.78, 5) is 34.4. The lowest BCUT2D eigenvalue weighted by Gasteiger charge is -2.14. The van der Waals surface area contributed by atoms with Gasteiger partial charge >= 0.3 is 0 Å². The Morgan fingerprint density at radius 1 is 1.41 bits per heavy atom. The van der Waals surface area contributed by atoms with Gasteiger partial charge in [-0.1, -0.05) is 36.1 Å². The van der Waals surface area contributed by atoms with Gasteiger partial charge in [-0.25, -0.2) is 0 Å². The predicted molar refractivity (Wildman–Crippen MR) is 82.6 cm³/mol. The van der Waals surface area contributed by atoms with E-state index in [0.29, 0.717) is 0 Å². The molecule has 7 nitrogen and oxygen atoms in total. The van der Waals surface area contributed by atoms with Crippen LogP contribution in [0.25, 0.3) is 6.08 Å². The number of para-hydroxylation sites is 1. The molecular weight excluding hydrogens is 328 g/mol. The second kappa shape index (κ2) is 6.67. The van der Waals surface area contributed by atoms with Crippen LogP contribution in [0.4, 0.5) is 5.69 Å². The lowest BCUT2D eigenvalue weighted by atomic mass is 10.1. The zero-order valence-corrected chi connectivity index (χ0v) is 12.7. The standard InChI is InChI=1S/C13H10N2O5S2/c16-11(17)5-6-14-12(18)10(22-13(14)21)7-8-3-1-2-4-9(8)15(19)20/h1-4,7H,5-6H2,(H,16,17)/p-1. The van der Waals surface area contributed by atoms with E-state index in [1.165, 1.54) is 24.3 Å². The van der Waals surface area contributed by atoms with Crippen LogP contribution in [-0.4, -0.2) is 32.6 Å². The van der Waals surface area contributed by atoms with Crippen LogP contribution in [0, 0.1) is 10.1 Å². The third-order valence-corrected chi connectivity index (χ3v) is 4.21. The maximum Gasteiger partial charge on any atom is 0.276 e. The van der Waals surface area contributed by atoms with E-state index in [4.69, 9.17) is 12.2 Å². The summed E-state index contributed by atoms with van der Waals surface area (Å²) >= 11 is 6.01. The number of rotatable bonds is 5. The van der Waals surface area contributed by atoms with E-state index in [2.05, 4.69) is 0 Å². The van der Waals surface area contributed by atoms with E-state index in [1.54, 1.807) is 6.07 Å². The number of benzene rings is 1. The Morgan fingerprint density at radius 2 is 2.09 bits per heavy atom. The molecule has 1 heterocycles. The van der Waals surface area contributed by atoms with Crippen molar-refractivity contribution in [2.75, 3.05) is 6.54 Å². The lowest BCUT2D eigenvalue weighted by molar-refractivity contribution is -0.385. The Hall–Kier alpha value is -2.26. The number of carboxylic acids is 1. The largest absolute Gasteiger partial charge is 0.550 e. The maximum absolute atomic E-state index is 12.2. The highest BCUT2D eigenvalue weighted by Crippen LogP contribution is 2.34. The number of thioether (sulfide) groups is 1. The van der Waals surface area contributed by atoms with Crippen LogP contribution >= 0.6 is 24.0 Å². The number of carbonyl (C=O) groups excluding carboxylic acids is 2. The Balaban J connectivity index is 2.27. The zero-order valence-electron chi connectivity index (χ0n) is 11.1. The lowest BCUT2D eigenvalue weighted by Crippen LogP contribution is -2.33. The van der Waals surface area contributed by atoms with Gasteiger partial charge in [-0.3, -0.25) is 19.8 Å². The molecule has 0 atom stereocenters. The highest BCUT2D eigenvalue weighted by Gasteiger charge is 2.32. The van der Waals surface area contributed by atoms with E-state index in [-0.39, 0.29) is 33.4 Å². The van der Waals surface area contributed by atoms with E-state index in [0.717, 1.165) is 16.7 Å². The second-order valence-electron chi connectivity index (χ2n) is 4.27. The monoisotopic (exact) mass is 337 g/mol. The molecule has 1 aromatic rings. The summed E-state index contributed by atoms with van der Waals surface area (Å²) in [6.07, 6.45) is 1.06. The van der Waals surface area contributed by atoms with E-state index in [1.807, 2.05) is 0 Å². The number of aliphatic carboxylic acids is 1. The molecule has 1 aliphatic rings. The minimum Gasteiger partial charge on any atom is -0.550 e. The van der Waals surface area contributed by atoms with Crippen LogP contribution < -0.4 is 5.11 Å². The first-order valence-electron chi connectivity index (χ1n) is 6.09. The third-order valence-electron chi connectivity index (χ3n) is 2.83. The predicted octanol–water partition coefficient (Wildman–Crippen LogP) is 0.936. The number of nitro benzene ring substituents is 1. The molecule has 1 amide bonds. The molecular formula is C13H9N2O5S2-. The molecule has 0 aromatic heterocycles. The Kier molecular flexibility index (Phi) is 4.88. The van der Waals surface area contributed by atoms with Crippen molar-refractivity contribution in [3.63, 3.8) is 0 Å². The number of thiocarbonyl (C=S) groups is 1. The average molecular weight is 337 g/mol. The topological polar surface area (TPSA) is 104 Å². The van der Waals surface area contributed by atoms with Gasteiger partial charge in [-0.15, -0.1) is 0 Å². The fourth-order valence-electron chi connectivity index (χ4n) is 1.81. The number of hydrogen-bond donors (Lipinski definition) is 0. The summed E-state index contributed by atoms with van der Waals surface area (Å²) in [5.74, 6) is -1.74. The van der Waals surface area contributed by atoms with Gasteiger partial charge in [0.05, 0.1) is 15.4 Å². The highest BCUT2D eigenvalue weighted by molar-refractivity contribution is 8.26. The van der Waals surface area contributed by atoms with Gasteiger partial charge in [-0.05, 0) is 12.1 Å². The van der Waals surface area contributed by atoms with Crippen LogP contribution in [0.3, 0.4) is 0 Å². The normalized spacial score (nSPS) is 16.4. The van der Waals surface area contributed by atoms with Crippen molar-refractivity contribution in [1.82, 2.24) is 4.90 Å². The Labute approximate surface area is 134 Å². The molecule has 22 heavy (non-hydrogen) atoms. The van der Waals surface area contributed by atoms with Crippen LogP contribution in [0.1, 0.15) is 12.0 Å². The maximum atomic E-state index is 12.2. The Bertz CT molecular complexity index is 701. The quantitative estimate of drug-likeness (QED) is 0.341. The third kappa shape index (κ3) is 3.49. The highest BCUT2D eigenvalue weighted by atomic mass is 32.2. The molecule has 0 spiro atoms. The number of hydrogen-bond acceptors (Lipinski definition) is 7.